The summed E-state index contributed by atoms with van der Waals surface area (Å²) in [5.41, 5.74) is 0.385. The van der Waals surface area contributed by atoms with Crippen LogP contribution in [-0.4, -0.2) is 68.2 Å². The lowest BCUT2D eigenvalue weighted by atomic mass is 9.76. The highest BCUT2D eigenvalue weighted by Crippen LogP contribution is 2.34. The van der Waals surface area contributed by atoms with E-state index in [0.29, 0.717) is 32.4 Å². The van der Waals surface area contributed by atoms with Gasteiger partial charge in [0.1, 0.15) is 0 Å². The van der Waals surface area contributed by atoms with E-state index in [1.807, 2.05) is 19.9 Å². The van der Waals surface area contributed by atoms with Gasteiger partial charge in [-0.05, 0) is 52.6 Å². The number of sulfonamides is 1. The monoisotopic (exact) mass is 346 g/mol. The van der Waals surface area contributed by atoms with Crippen LogP contribution in [0.5, 0.6) is 0 Å². The van der Waals surface area contributed by atoms with E-state index in [9.17, 15) is 18.3 Å². The van der Waals surface area contributed by atoms with Crippen LogP contribution in [0.2, 0.25) is 0 Å². The van der Waals surface area contributed by atoms with Gasteiger partial charge in [-0.25, -0.2) is 12.7 Å². The molecule has 0 amide bonds. The van der Waals surface area contributed by atoms with Gasteiger partial charge in [-0.2, -0.15) is 0 Å². The standard InChI is InChI=1S/C16H30N2O4S/c1-14(2)7-9-16(15(19)20)8-5-10-18(13-16)11-6-12-23(21,22)17(3)4/h7H,5-6,8-13H2,1-4H3,(H,19,20). The van der Waals surface area contributed by atoms with Crippen molar-refractivity contribution in [3.05, 3.63) is 11.6 Å². The van der Waals surface area contributed by atoms with E-state index < -0.39 is 21.4 Å². The highest BCUT2D eigenvalue weighted by molar-refractivity contribution is 7.89. The molecule has 134 valence electrons. The molecule has 0 bridgehead atoms. The van der Waals surface area contributed by atoms with Crippen molar-refractivity contribution in [3.63, 3.8) is 0 Å². The Morgan fingerprint density at radius 2 is 2.00 bits per heavy atom. The van der Waals surface area contributed by atoms with Gasteiger partial charge in [-0.3, -0.25) is 4.79 Å². The van der Waals surface area contributed by atoms with Crippen molar-refractivity contribution in [2.45, 2.75) is 39.5 Å². The lowest BCUT2D eigenvalue weighted by Crippen LogP contribution is -2.48. The van der Waals surface area contributed by atoms with Crippen LogP contribution in [0.4, 0.5) is 0 Å². The molecule has 6 nitrogen and oxygen atoms in total. The number of piperidine rings is 1. The zero-order valence-electron chi connectivity index (χ0n) is 14.7. The van der Waals surface area contributed by atoms with Gasteiger partial charge in [0, 0.05) is 20.6 Å². The summed E-state index contributed by atoms with van der Waals surface area (Å²) in [4.78, 5) is 13.9. The van der Waals surface area contributed by atoms with Gasteiger partial charge in [-0.1, -0.05) is 11.6 Å². The first-order valence-electron chi connectivity index (χ1n) is 8.08. The van der Waals surface area contributed by atoms with Gasteiger partial charge in [0.15, 0.2) is 0 Å². The minimum atomic E-state index is -3.18. The third-order valence-electron chi connectivity index (χ3n) is 4.44. The summed E-state index contributed by atoms with van der Waals surface area (Å²) in [7, 11) is -0.119. The largest absolute Gasteiger partial charge is 0.481 e. The van der Waals surface area contributed by atoms with E-state index in [1.165, 1.54) is 18.4 Å². The highest BCUT2D eigenvalue weighted by Gasteiger charge is 2.41. The predicted molar refractivity (Wildman–Crippen MR) is 91.9 cm³/mol. The van der Waals surface area contributed by atoms with E-state index in [0.717, 1.165) is 18.5 Å². The molecule has 1 aliphatic heterocycles. The zero-order chi connectivity index (χ0) is 17.7. The van der Waals surface area contributed by atoms with Crippen LogP contribution in [-0.2, 0) is 14.8 Å². The molecule has 1 unspecified atom stereocenters. The van der Waals surface area contributed by atoms with Crippen LogP contribution >= 0.6 is 0 Å². The number of carboxylic acids is 1. The topological polar surface area (TPSA) is 77.9 Å². The van der Waals surface area contributed by atoms with E-state index in [-0.39, 0.29) is 5.75 Å². The SMILES string of the molecule is CC(C)=CCC1(C(=O)O)CCCN(CCCS(=O)(=O)N(C)C)C1. The van der Waals surface area contributed by atoms with E-state index in [1.54, 1.807) is 0 Å². The summed E-state index contributed by atoms with van der Waals surface area (Å²) in [6, 6.07) is 0. The fraction of sp³-hybridized carbons (Fsp3) is 0.812. The second-order valence-corrected chi connectivity index (χ2v) is 9.21. The fourth-order valence-corrected chi connectivity index (χ4v) is 3.76. The van der Waals surface area contributed by atoms with Crippen molar-refractivity contribution >= 4 is 16.0 Å². The van der Waals surface area contributed by atoms with Gasteiger partial charge in [0.25, 0.3) is 0 Å². The number of allylic oxidation sites excluding steroid dienone is 2. The molecule has 0 saturated carbocycles. The van der Waals surface area contributed by atoms with Gasteiger partial charge in [0.05, 0.1) is 11.2 Å². The molecule has 7 heteroatoms. The second kappa shape index (κ2) is 8.26. The summed E-state index contributed by atoms with van der Waals surface area (Å²) >= 11 is 0. The summed E-state index contributed by atoms with van der Waals surface area (Å²) < 4.78 is 24.8. The minimum Gasteiger partial charge on any atom is -0.481 e. The normalized spacial score (nSPS) is 23.0. The van der Waals surface area contributed by atoms with Crippen molar-refractivity contribution in [2.24, 2.45) is 5.41 Å². The number of hydrogen-bond acceptors (Lipinski definition) is 4. The number of hydrogen-bond donors (Lipinski definition) is 1. The van der Waals surface area contributed by atoms with Crippen molar-refractivity contribution in [3.8, 4) is 0 Å². The third kappa shape index (κ3) is 5.90. The molecule has 1 fully saturated rings. The highest BCUT2D eigenvalue weighted by atomic mass is 32.2. The van der Waals surface area contributed by atoms with Crippen molar-refractivity contribution in [1.29, 1.82) is 0 Å². The summed E-state index contributed by atoms with van der Waals surface area (Å²) in [5, 5.41) is 9.69. The molecule has 23 heavy (non-hydrogen) atoms. The molecule has 1 aliphatic rings. The lowest BCUT2D eigenvalue weighted by Gasteiger charge is -2.39. The Bertz CT molecular complexity index is 538. The predicted octanol–water partition coefficient (Wildman–Crippen LogP) is 1.79. The average molecular weight is 346 g/mol. The minimum absolute atomic E-state index is 0.102. The Morgan fingerprint density at radius 1 is 1.35 bits per heavy atom. The van der Waals surface area contributed by atoms with Gasteiger partial charge >= 0.3 is 5.97 Å². The quantitative estimate of drug-likeness (QED) is 0.678. The number of carbonyl (C=O) groups is 1. The van der Waals surface area contributed by atoms with Crippen LogP contribution in [0.25, 0.3) is 0 Å². The number of nitrogens with zero attached hydrogens (tertiary/aromatic N) is 2. The average Bonchev–Trinajstić information content (AvgIpc) is 2.45. The maximum atomic E-state index is 11.8. The Hall–Kier alpha value is -0.920. The van der Waals surface area contributed by atoms with E-state index in [2.05, 4.69) is 4.90 Å². The van der Waals surface area contributed by atoms with Crippen LogP contribution in [0.15, 0.2) is 11.6 Å². The van der Waals surface area contributed by atoms with E-state index in [4.69, 9.17) is 0 Å². The molecule has 0 aromatic carbocycles. The molecule has 0 aromatic heterocycles. The number of aliphatic carboxylic acids is 1. The zero-order valence-corrected chi connectivity index (χ0v) is 15.5. The number of rotatable bonds is 8. The smallest absolute Gasteiger partial charge is 0.311 e. The molecule has 0 aliphatic carbocycles. The summed E-state index contributed by atoms with van der Waals surface area (Å²) in [6.07, 6.45) is 4.58. The first kappa shape index (κ1) is 20.1. The van der Waals surface area contributed by atoms with Crippen LogP contribution in [0, 0.1) is 5.41 Å². The molecule has 1 heterocycles. The third-order valence-corrected chi connectivity index (χ3v) is 6.36. The van der Waals surface area contributed by atoms with Crippen LogP contribution < -0.4 is 0 Å². The Morgan fingerprint density at radius 3 is 2.52 bits per heavy atom. The Balaban J connectivity index is 2.65. The second-order valence-electron chi connectivity index (χ2n) is 6.90. The summed E-state index contributed by atoms with van der Waals surface area (Å²) in [5.74, 6) is -0.648. The van der Waals surface area contributed by atoms with Crippen LogP contribution in [0.3, 0.4) is 0 Å². The summed E-state index contributed by atoms with van der Waals surface area (Å²) in [6.45, 7) is 5.90. The fourth-order valence-electron chi connectivity index (χ4n) is 2.90. The van der Waals surface area contributed by atoms with Crippen molar-refractivity contribution in [2.75, 3.05) is 39.5 Å². The molecular formula is C16H30N2O4S. The lowest BCUT2D eigenvalue weighted by molar-refractivity contribution is -0.152. The molecule has 0 spiro atoms. The molecule has 1 N–H and O–H groups in total. The first-order valence-corrected chi connectivity index (χ1v) is 9.69. The molecule has 1 atom stereocenters. The van der Waals surface area contributed by atoms with Crippen molar-refractivity contribution in [1.82, 2.24) is 9.21 Å². The molecule has 1 rings (SSSR count). The van der Waals surface area contributed by atoms with Gasteiger partial charge in [0.2, 0.25) is 10.0 Å². The molecular weight excluding hydrogens is 316 g/mol. The van der Waals surface area contributed by atoms with Crippen molar-refractivity contribution < 1.29 is 18.3 Å². The van der Waals surface area contributed by atoms with E-state index >= 15 is 0 Å². The maximum Gasteiger partial charge on any atom is 0.311 e. The van der Waals surface area contributed by atoms with Gasteiger partial charge < -0.3 is 10.0 Å². The number of likely N-dealkylation sites (tertiary alicyclic amines) is 1. The molecule has 0 aromatic rings. The van der Waals surface area contributed by atoms with Gasteiger partial charge in [-0.15, -0.1) is 0 Å². The van der Waals surface area contributed by atoms with Crippen LogP contribution in [0.1, 0.15) is 39.5 Å². The Labute approximate surface area is 140 Å². The first-order chi connectivity index (χ1) is 10.6. The number of carboxylic acid groups (broad SMARTS) is 1. The Kier molecular flexibility index (Phi) is 7.23. The molecule has 1 saturated heterocycles. The molecule has 0 radical (unpaired) electrons. The maximum absolute atomic E-state index is 11.8.